The molecule has 1 atom stereocenters. The standard InChI is InChI=1S/C7H13N3O2/c1-4(2)6-9-7(12-10-6)5(11)3-8/h4-5,11H,3,8H2,1-2H3. The van der Waals surface area contributed by atoms with Crippen LogP contribution in [0.5, 0.6) is 0 Å². The molecule has 1 heterocycles. The van der Waals surface area contributed by atoms with Gasteiger partial charge < -0.3 is 15.4 Å². The second-order valence-corrected chi connectivity index (χ2v) is 2.90. The fourth-order valence-corrected chi connectivity index (χ4v) is 0.718. The molecule has 1 unspecified atom stereocenters. The summed E-state index contributed by atoms with van der Waals surface area (Å²) in [7, 11) is 0. The molecular weight excluding hydrogens is 158 g/mol. The Morgan fingerprint density at radius 2 is 2.25 bits per heavy atom. The van der Waals surface area contributed by atoms with Crippen molar-refractivity contribution in [1.29, 1.82) is 0 Å². The van der Waals surface area contributed by atoms with Crippen LogP contribution in [0.1, 0.15) is 37.6 Å². The van der Waals surface area contributed by atoms with Crippen molar-refractivity contribution >= 4 is 0 Å². The van der Waals surface area contributed by atoms with E-state index in [1.165, 1.54) is 0 Å². The highest BCUT2D eigenvalue weighted by Gasteiger charge is 2.15. The lowest BCUT2D eigenvalue weighted by molar-refractivity contribution is 0.141. The maximum Gasteiger partial charge on any atom is 0.256 e. The highest BCUT2D eigenvalue weighted by atomic mass is 16.5. The lowest BCUT2D eigenvalue weighted by atomic mass is 10.2. The van der Waals surface area contributed by atoms with Gasteiger partial charge in [0.05, 0.1) is 0 Å². The van der Waals surface area contributed by atoms with E-state index >= 15 is 0 Å². The lowest BCUT2D eigenvalue weighted by Gasteiger charge is -1.98. The molecule has 68 valence electrons. The van der Waals surface area contributed by atoms with E-state index in [0.717, 1.165) is 0 Å². The van der Waals surface area contributed by atoms with Crippen molar-refractivity contribution in [2.24, 2.45) is 5.73 Å². The highest BCUT2D eigenvalue weighted by Crippen LogP contribution is 2.13. The van der Waals surface area contributed by atoms with E-state index in [9.17, 15) is 5.11 Å². The Labute approximate surface area is 70.6 Å². The first kappa shape index (κ1) is 9.15. The Balaban J connectivity index is 2.77. The molecule has 0 aliphatic rings. The Bertz CT molecular complexity index is 247. The molecule has 0 saturated carbocycles. The summed E-state index contributed by atoms with van der Waals surface area (Å²) < 4.78 is 4.79. The fourth-order valence-electron chi connectivity index (χ4n) is 0.718. The second-order valence-electron chi connectivity index (χ2n) is 2.90. The van der Waals surface area contributed by atoms with E-state index in [-0.39, 0.29) is 18.4 Å². The zero-order valence-corrected chi connectivity index (χ0v) is 7.19. The molecule has 0 bridgehead atoms. The molecule has 5 nitrogen and oxygen atoms in total. The van der Waals surface area contributed by atoms with Gasteiger partial charge in [0.25, 0.3) is 5.89 Å². The molecule has 1 aromatic heterocycles. The third-order valence-corrected chi connectivity index (χ3v) is 1.48. The largest absolute Gasteiger partial charge is 0.382 e. The van der Waals surface area contributed by atoms with Crippen molar-refractivity contribution in [2.75, 3.05) is 6.54 Å². The minimum absolute atomic E-state index is 0.0970. The van der Waals surface area contributed by atoms with Gasteiger partial charge in [0.15, 0.2) is 5.82 Å². The lowest BCUT2D eigenvalue weighted by Crippen LogP contribution is -2.11. The zero-order chi connectivity index (χ0) is 9.14. The van der Waals surface area contributed by atoms with Crippen LogP contribution >= 0.6 is 0 Å². The third-order valence-electron chi connectivity index (χ3n) is 1.48. The van der Waals surface area contributed by atoms with Crippen LogP contribution < -0.4 is 5.73 Å². The summed E-state index contributed by atoms with van der Waals surface area (Å²) in [5, 5.41) is 12.9. The summed E-state index contributed by atoms with van der Waals surface area (Å²) in [5.74, 6) is 0.992. The third kappa shape index (κ3) is 1.80. The number of hydrogen-bond donors (Lipinski definition) is 2. The van der Waals surface area contributed by atoms with Crippen LogP contribution in [0, 0.1) is 0 Å². The van der Waals surface area contributed by atoms with Gasteiger partial charge in [-0.25, -0.2) is 0 Å². The topological polar surface area (TPSA) is 85.2 Å². The van der Waals surface area contributed by atoms with E-state index in [4.69, 9.17) is 10.3 Å². The van der Waals surface area contributed by atoms with Crippen molar-refractivity contribution in [1.82, 2.24) is 10.1 Å². The maximum atomic E-state index is 9.20. The van der Waals surface area contributed by atoms with Crippen molar-refractivity contribution < 1.29 is 9.63 Å². The number of nitrogens with two attached hydrogens (primary N) is 1. The van der Waals surface area contributed by atoms with Crippen molar-refractivity contribution in [3.63, 3.8) is 0 Å². The summed E-state index contributed by atoms with van der Waals surface area (Å²) in [6, 6.07) is 0. The summed E-state index contributed by atoms with van der Waals surface area (Å²) in [6.07, 6.45) is -0.843. The average molecular weight is 171 g/mol. The SMILES string of the molecule is CC(C)c1noc(C(O)CN)n1. The van der Waals surface area contributed by atoms with Crippen molar-refractivity contribution in [2.45, 2.75) is 25.9 Å². The Kier molecular flexibility index (Phi) is 2.78. The van der Waals surface area contributed by atoms with Crippen LogP contribution in [-0.2, 0) is 0 Å². The number of aliphatic hydroxyl groups is 1. The molecule has 3 N–H and O–H groups in total. The second kappa shape index (κ2) is 3.64. The monoisotopic (exact) mass is 171 g/mol. The molecule has 12 heavy (non-hydrogen) atoms. The Morgan fingerprint density at radius 3 is 2.67 bits per heavy atom. The summed E-state index contributed by atoms with van der Waals surface area (Å²) >= 11 is 0. The average Bonchev–Trinajstić information content (AvgIpc) is 2.51. The fraction of sp³-hybridized carbons (Fsp3) is 0.714. The minimum Gasteiger partial charge on any atom is -0.382 e. The minimum atomic E-state index is -0.843. The molecule has 0 spiro atoms. The predicted molar refractivity (Wildman–Crippen MR) is 42.4 cm³/mol. The van der Waals surface area contributed by atoms with Crippen LogP contribution in [0.4, 0.5) is 0 Å². The van der Waals surface area contributed by atoms with Crippen LogP contribution in [0.2, 0.25) is 0 Å². The van der Waals surface area contributed by atoms with Crippen LogP contribution in [0.25, 0.3) is 0 Å². The number of aliphatic hydroxyl groups excluding tert-OH is 1. The van der Waals surface area contributed by atoms with E-state index in [2.05, 4.69) is 10.1 Å². The van der Waals surface area contributed by atoms with Gasteiger partial charge in [-0.05, 0) is 0 Å². The molecule has 0 radical (unpaired) electrons. The van der Waals surface area contributed by atoms with Crippen molar-refractivity contribution in [3.05, 3.63) is 11.7 Å². The Hall–Kier alpha value is -0.940. The van der Waals surface area contributed by atoms with Crippen LogP contribution in [0.15, 0.2) is 4.52 Å². The molecular formula is C7H13N3O2. The van der Waals surface area contributed by atoms with Gasteiger partial charge in [0, 0.05) is 12.5 Å². The molecule has 0 saturated heterocycles. The summed E-state index contributed by atoms with van der Waals surface area (Å²) in [4.78, 5) is 3.97. The van der Waals surface area contributed by atoms with Gasteiger partial charge in [0.2, 0.25) is 0 Å². The molecule has 5 heteroatoms. The number of aromatic nitrogens is 2. The van der Waals surface area contributed by atoms with Crippen LogP contribution in [0.3, 0.4) is 0 Å². The quantitative estimate of drug-likeness (QED) is 0.677. The number of nitrogens with zero attached hydrogens (tertiary/aromatic N) is 2. The molecule has 0 fully saturated rings. The van der Waals surface area contributed by atoms with Gasteiger partial charge in [-0.3, -0.25) is 0 Å². The summed E-state index contributed by atoms with van der Waals surface area (Å²) in [6.45, 7) is 3.99. The Morgan fingerprint density at radius 1 is 1.58 bits per heavy atom. The first-order valence-electron chi connectivity index (χ1n) is 3.86. The van der Waals surface area contributed by atoms with Gasteiger partial charge in [-0.1, -0.05) is 19.0 Å². The van der Waals surface area contributed by atoms with E-state index in [1.807, 2.05) is 13.8 Å². The van der Waals surface area contributed by atoms with Crippen LogP contribution in [-0.4, -0.2) is 21.8 Å². The normalized spacial score (nSPS) is 13.8. The zero-order valence-electron chi connectivity index (χ0n) is 7.19. The molecule has 0 amide bonds. The van der Waals surface area contributed by atoms with E-state index in [1.54, 1.807) is 0 Å². The number of hydrogen-bond acceptors (Lipinski definition) is 5. The van der Waals surface area contributed by atoms with Crippen molar-refractivity contribution in [3.8, 4) is 0 Å². The molecule has 1 aromatic rings. The van der Waals surface area contributed by atoms with E-state index in [0.29, 0.717) is 5.82 Å². The first-order chi connectivity index (χ1) is 5.65. The number of rotatable bonds is 3. The maximum absolute atomic E-state index is 9.20. The van der Waals surface area contributed by atoms with Gasteiger partial charge >= 0.3 is 0 Å². The molecule has 0 aliphatic heterocycles. The van der Waals surface area contributed by atoms with Gasteiger partial charge in [-0.2, -0.15) is 4.98 Å². The molecule has 0 aliphatic carbocycles. The smallest absolute Gasteiger partial charge is 0.256 e. The predicted octanol–water partition coefficient (Wildman–Crippen LogP) is 0.185. The highest BCUT2D eigenvalue weighted by molar-refractivity contribution is 4.94. The summed E-state index contributed by atoms with van der Waals surface area (Å²) in [5.41, 5.74) is 5.21. The molecule has 1 rings (SSSR count). The van der Waals surface area contributed by atoms with E-state index < -0.39 is 6.10 Å². The first-order valence-corrected chi connectivity index (χ1v) is 3.86. The van der Waals surface area contributed by atoms with Gasteiger partial charge in [0.1, 0.15) is 6.10 Å². The van der Waals surface area contributed by atoms with Gasteiger partial charge in [-0.15, -0.1) is 0 Å². The molecule has 0 aromatic carbocycles.